The molecule has 2 N–H and O–H groups in total. The third kappa shape index (κ3) is 4.29. The molecule has 0 spiro atoms. The van der Waals surface area contributed by atoms with Gasteiger partial charge in [0.05, 0.1) is 12.7 Å². The van der Waals surface area contributed by atoms with Gasteiger partial charge in [0.25, 0.3) is 0 Å². The molecule has 3 rings (SSSR count). The molecule has 6 heteroatoms. The van der Waals surface area contributed by atoms with Gasteiger partial charge in [-0.25, -0.2) is 4.79 Å². The van der Waals surface area contributed by atoms with E-state index in [9.17, 15) is 14.7 Å². The lowest BCUT2D eigenvalue weighted by Crippen LogP contribution is -2.05. The zero-order valence-electron chi connectivity index (χ0n) is 15.3. The van der Waals surface area contributed by atoms with E-state index in [0.717, 1.165) is 22.8 Å². The van der Waals surface area contributed by atoms with Crippen molar-refractivity contribution < 1.29 is 24.2 Å². The molecule has 1 aromatic heterocycles. The SMILES string of the molecule is COC(=O)c1ccc(-c2ccc(CCc3oc(CO)cc(=O)c3O)cc2)cc1. The minimum Gasteiger partial charge on any atom is -0.502 e. The fraction of sp³-hybridized carbons (Fsp3) is 0.182. The van der Waals surface area contributed by atoms with E-state index >= 15 is 0 Å². The minimum absolute atomic E-state index is 0.128. The largest absolute Gasteiger partial charge is 0.502 e. The van der Waals surface area contributed by atoms with Crippen LogP contribution in [-0.4, -0.2) is 23.3 Å². The Hall–Kier alpha value is -3.38. The molecule has 2 aromatic carbocycles. The average molecular weight is 380 g/mol. The zero-order chi connectivity index (χ0) is 20.1. The second kappa shape index (κ2) is 8.54. The number of ether oxygens (including phenoxy) is 1. The number of methoxy groups -OCH3 is 1. The Kier molecular flexibility index (Phi) is 5.91. The summed E-state index contributed by atoms with van der Waals surface area (Å²) in [6, 6.07) is 16.1. The lowest BCUT2D eigenvalue weighted by atomic mass is 10.0. The van der Waals surface area contributed by atoms with Crippen LogP contribution in [0.25, 0.3) is 11.1 Å². The smallest absolute Gasteiger partial charge is 0.337 e. The highest BCUT2D eigenvalue weighted by atomic mass is 16.5. The first kappa shape index (κ1) is 19.4. The van der Waals surface area contributed by atoms with E-state index in [-0.39, 0.29) is 17.5 Å². The van der Waals surface area contributed by atoms with Crippen LogP contribution >= 0.6 is 0 Å². The summed E-state index contributed by atoms with van der Waals surface area (Å²) in [5.41, 5.74) is 2.91. The van der Waals surface area contributed by atoms with Gasteiger partial charge < -0.3 is 19.4 Å². The van der Waals surface area contributed by atoms with E-state index in [2.05, 4.69) is 0 Å². The van der Waals surface area contributed by atoms with Gasteiger partial charge in [-0.05, 0) is 35.2 Å². The third-order valence-electron chi connectivity index (χ3n) is 4.43. The maximum absolute atomic E-state index is 11.7. The highest BCUT2D eigenvalue weighted by molar-refractivity contribution is 5.89. The van der Waals surface area contributed by atoms with Crippen LogP contribution in [0.5, 0.6) is 5.75 Å². The van der Waals surface area contributed by atoms with Crippen LogP contribution in [0.3, 0.4) is 0 Å². The molecular formula is C22H20O6. The molecule has 0 bridgehead atoms. The van der Waals surface area contributed by atoms with E-state index in [1.165, 1.54) is 7.11 Å². The molecule has 0 radical (unpaired) electrons. The summed E-state index contributed by atoms with van der Waals surface area (Å²) < 4.78 is 10.0. The summed E-state index contributed by atoms with van der Waals surface area (Å²) in [6.07, 6.45) is 0.898. The van der Waals surface area contributed by atoms with Gasteiger partial charge in [-0.1, -0.05) is 36.4 Å². The molecule has 0 atom stereocenters. The molecule has 144 valence electrons. The number of esters is 1. The lowest BCUT2D eigenvalue weighted by molar-refractivity contribution is 0.0600. The highest BCUT2D eigenvalue weighted by Crippen LogP contribution is 2.22. The Bertz CT molecular complexity index is 1020. The molecule has 28 heavy (non-hydrogen) atoms. The number of aryl methyl sites for hydroxylation is 2. The number of hydrogen-bond acceptors (Lipinski definition) is 6. The molecule has 0 unspecified atom stereocenters. The predicted octanol–water partition coefficient (Wildman–Crippen LogP) is 3.08. The van der Waals surface area contributed by atoms with Crippen LogP contribution in [0.2, 0.25) is 0 Å². The molecule has 0 aliphatic heterocycles. The van der Waals surface area contributed by atoms with E-state index < -0.39 is 17.8 Å². The van der Waals surface area contributed by atoms with Crippen LogP contribution < -0.4 is 5.43 Å². The lowest BCUT2D eigenvalue weighted by Gasteiger charge is -2.07. The Labute approximate surface area is 161 Å². The maximum Gasteiger partial charge on any atom is 0.337 e. The van der Waals surface area contributed by atoms with Crippen molar-refractivity contribution in [3.63, 3.8) is 0 Å². The molecule has 6 nitrogen and oxygen atoms in total. The number of carbonyl (C=O) groups excluding carboxylic acids is 1. The third-order valence-corrected chi connectivity index (χ3v) is 4.43. The van der Waals surface area contributed by atoms with Crippen molar-refractivity contribution >= 4 is 5.97 Å². The number of benzene rings is 2. The summed E-state index contributed by atoms with van der Waals surface area (Å²) in [4.78, 5) is 23.2. The fourth-order valence-electron chi connectivity index (χ4n) is 2.87. The molecule has 0 saturated heterocycles. The van der Waals surface area contributed by atoms with Gasteiger partial charge in [-0.2, -0.15) is 0 Å². The van der Waals surface area contributed by atoms with Gasteiger partial charge in [0, 0.05) is 12.5 Å². The van der Waals surface area contributed by atoms with Gasteiger partial charge in [0.1, 0.15) is 18.1 Å². The first-order valence-corrected chi connectivity index (χ1v) is 8.75. The van der Waals surface area contributed by atoms with Crippen LogP contribution in [0.1, 0.15) is 27.4 Å². The molecule has 3 aromatic rings. The predicted molar refractivity (Wildman–Crippen MR) is 103 cm³/mol. The number of aliphatic hydroxyl groups excluding tert-OH is 1. The molecule has 0 saturated carbocycles. The Morgan fingerprint density at radius 1 is 1.00 bits per heavy atom. The first-order chi connectivity index (χ1) is 13.5. The van der Waals surface area contributed by atoms with E-state index in [4.69, 9.17) is 14.3 Å². The van der Waals surface area contributed by atoms with Crippen LogP contribution in [0.15, 0.2) is 63.8 Å². The second-order valence-corrected chi connectivity index (χ2v) is 6.27. The maximum atomic E-state index is 11.7. The van der Waals surface area contributed by atoms with Crippen molar-refractivity contribution in [2.45, 2.75) is 19.4 Å². The molecule has 0 fully saturated rings. The molecule has 1 heterocycles. The number of rotatable bonds is 6. The quantitative estimate of drug-likeness (QED) is 0.638. The van der Waals surface area contributed by atoms with Gasteiger partial charge in [0.15, 0.2) is 0 Å². The van der Waals surface area contributed by atoms with Gasteiger partial charge in [-0.15, -0.1) is 0 Å². The number of carbonyl (C=O) groups is 1. The summed E-state index contributed by atoms with van der Waals surface area (Å²) in [5.74, 6) is -0.496. The van der Waals surface area contributed by atoms with Gasteiger partial charge in [-0.3, -0.25) is 4.79 Å². The van der Waals surface area contributed by atoms with Gasteiger partial charge >= 0.3 is 5.97 Å². The van der Waals surface area contributed by atoms with Crippen LogP contribution in [0.4, 0.5) is 0 Å². The Balaban J connectivity index is 1.71. The first-order valence-electron chi connectivity index (χ1n) is 8.75. The zero-order valence-corrected chi connectivity index (χ0v) is 15.3. The number of aliphatic hydroxyl groups is 1. The number of aromatic hydroxyl groups is 1. The normalized spacial score (nSPS) is 10.6. The fourth-order valence-corrected chi connectivity index (χ4v) is 2.87. The van der Waals surface area contributed by atoms with Crippen LogP contribution in [0, 0.1) is 0 Å². The summed E-state index contributed by atoms with van der Waals surface area (Å²) >= 11 is 0. The summed E-state index contributed by atoms with van der Waals surface area (Å²) in [7, 11) is 1.35. The standard InChI is InChI=1S/C22H20O6/c1-27-22(26)17-9-7-16(8-10-17)15-5-2-14(3-6-15)4-11-20-21(25)19(24)12-18(13-23)28-20/h2-3,5-10,12,23,25H,4,11,13H2,1H3. The Morgan fingerprint density at radius 3 is 2.18 bits per heavy atom. The van der Waals surface area contributed by atoms with Crippen molar-refractivity contribution in [1.82, 2.24) is 0 Å². The van der Waals surface area contributed by atoms with Crippen molar-refractivity contribution in [1.29, 1.82) is 0 Å². The van der Waals surface area contributed by atoms with E-state index in [0.29, 0.717) is 18.4 Å². The molecule has 0 aliphatic rings. The second-order valence-electron chi connectivity index (χ2n) is 6.27. The molecular weight excluding hydrogens is 360 g/mol. The molecule has 0 aliphatic carbocycles. The highest BCUT2D eigenvalue weighted by Gasteiger charge is 2.11. The number of hydrogen-bond donors (Lipinski definition) is 2. The van der Waals surface area contributed by atoms with E-state index in [1.807, 2.05) is 36.4 Å². The molecule has 0 amide bonds. The van der Waals surface area contributed by atoms with Crippen LogP contribution in [-0.2, 0) is 24.2 Å². The average Bonchev–Trinajstić information content (AvgIpc) is 2.74. The topological polar surface area (TPSA) is 97.0 Å². The van der Waals surface area contributed by atoms with Crippen molar-refractivity contribution in [2.24, 2.45) is 0 Å². The van der Waals surface area contributed by atoms with Crippen molar-refractivity contribution in [3.05, 3.63) is 87.5 Å². The summed E-state index contributed by atoms with van der Waals surface area (Å²) in [5, 5.41) is 19.0. The summed E-state index contributed by atoms with van der Waals surface area (Å²) in [6.45, 7) is -0.397. The van der Waals surface area contributed by atoms with Gasteiger partial charge in [0.2, 0.25) is 11.2 Å². The minimum atomic E-state index is -0.559. The monoisotopic (exact) mass is 380 g/mol. The van der Waals surface area contributed by atoms with Crippen molar-refractivity contribution in [3.8, 4) is 16.9 Å². The van der Waals surface area contributed by atoms with Crippen molar-refractivity contribution in [2.75, 3.05) is 7.11 Å². The Morgan fingerprint density at radius 2 is 1.61 bits per heavy atom. The van der Waals surface area contributed by atoms with E-state index in [1.54, 1.807) is 12.1 Å².